The number of phenolic OH excluding ortho intramolecular Hbond substituents is 1. The van der Waals surface area contributed by atoms with Crippen LogP contribution >= 0.6 is 0 Å². The van der Waals surface area contributed by atoms with Gasteiger partial charge in [-0.05, 0) is 30.7 Å². The summed E-state index contributed by atoms with van der Waals surface area (Å²) >= 11 is 0. The molecule has 0 unspecified atom stereocenters. The second-order valence-corrected chi connectivity index (χ2v) is 5.26. The first-order chi connectivity index (χ1) is 12.1. The van der Waals surface area contributed by atoms with Crippen LogP contribution in [0.2, 0.25) is 0 Å². The quantitative estimate of drug-likeness (QED) is 0.713. The third kappa shape index (κ3) is 3.45. The minimum absolute atomic E-state index is 0.0875. The molecule has 0 aliphatic heterocycles. The van der Waals surface area contributed by atoms with Gasteiger partial charge in [-0.2, -0.15) is 4.98 Å². The zero-order valence-corrected chi connectivity index (χ0v) is 13.7. The van der Waals surface area contributed by atoms with Gasteiger partial charge in [0.25, 0.3) is 5.89 Å². The van der Waals surface area contributed by atoms with Gasteiger partial charge in [-0.3, -0.25) is 0 Å². The predicted molar refractivity (Wildman–Crippen MR) is 88.2 cm³/mol. The topological polar surface area (TPSA) is 94.7 Å². The molecule has 7 nitrogen and oxygen atoms in total. The second kappa shape index (κ2) is 7.04. The smallest absolute Gasteiger partial charge is 0.342 e. The van der Waals surface area contributed by atoms with E-state index in [9.17, 15) is 9.90 Å². The fourth-order valence-corrected chi connectivity index (χ4v) is 2.28. The van der Waals surface area contributed by atoms with E-state index in [-0.39, 0.29) is 23.8 Å². The highest BCUT2D eigenvalue weighted by molar-refractivity contribution is 5.92. The molecule has 2 aromatic carbocycles. The lowest BCUT2D eigenvalue weighted by atomic mass is 10.1. The number of rotatable bonds is 5. The van der Waals surface area contributed by atoms with Crippen LogP contribution in [0.3, 0.4) is 0 Å². The molecule has 128 valence electrons. The van der Waals surface area contributed by atoms with Crippen molar-refractivity contribution in [1.82, 2.24) is 10.1 Å². The van der Waals surface area contributed by atoms with Gasteiger partial charge in [0.15, 0.2) is 6.61 Å². The van der Waals surface area contributed by atoms with E-state index in [2.05, 4.69) is 10.1 Å². The Morgan fingerprint density at radius 1 is 1.20 bits per heavy atom. The summed E-state index contributed by atoms with van der Waals surface area (Å²) in [5.41, 5.74) is 1.35. The number of para-hydroxylation sites is 2. The molecule has 0 radical (unpaired) electrons. The maximum atomic E-state index is 12.1. The fraction of sp³-hybridized carbons (Fsp3) is 0.167. The molecule has 0 fully saturated rings. The molecule has 25 heavy (non-hydrogen) atoms. The zero-order valence-electron chi connectivity index (χ0n) is 13.7. The lowest BCUT2D eigenvalue weighted by molar-refractivity contribution is 0.0426. The molecule has 0 saturated carbocycles. The van der Waals surface area contributed by atoms with E-state index < -0.39 is 5.97 Å². The van der Waals surface area contributed by atoms with Gasteiger partial charge in [0, 0.05) is 0 Å². The number of aromatic hydroxyl groups is 1. The summed E-state index contributed by atoms with van der Waals surface area (Å²) < 4.78 is 15.5. The van der Waals surface area contributed by atoms with Crippen molar-refractivity contribution < 1.29 is 23.9 Å². The molecule has 0 spiro atoms. The number of methoxy groups -OCH3 is 1. The average Bonchev–Trinajstić information content (AvgIpc) is 3.10. The summed E-state index contributed by atoms with van der Waals surface area (Å²) in [6.45, 7) is 1.50. The summed E-state index contributed by atoms with van der Waals surface area (Å²) in [6.07, 6.45) is 0. The van der Waals surface area contributed by atoms with Crippen molar-refractivity contribution in [2.45, 2.75) is 13.5 Å². The van der Waals surface area contributed by atoms with E-state index in [0.717, 1.165) is 0 Å². The molecule has 3 rings (SSSR count). The lowest BCUT2D eigenvalue weighted by Gasteiger charge is -2.06. The van der Waals surface area contributed by atoms with E-state index >= 15 is 0 Å². The van der Waals surface area contributed by atoms with Crippen molar-refractivity contribution in [2.24, 2.45) is 0 Å². The minimum Gasteiger partial charge on any atom is -0.507 e. The molecule has 0 amide bonds. The SMILES string of the molecule is COc1ccccc1-c1noc(COC(=O)c2cccc(C)c2O)n1. The summed E-state index contributed by atoms with van der Waals surface area (Å²) in [5.74, 6) is 0.311. The highest BCUT2D eigenvalue weighted by Crippen LogP contribution is 2.27. The Labute approximate surface area is 143 Å². The number of esters is 1. The van der Waals surface area contributed by atoms with Gasteiger partial charge in [-0.25, -0.2) is 4.79 Å². The van der Waals surface area contributed by atoms with Crippen molar-refractivity contribution in [3.8, 4) is 22.9 Å². The number of hydrogen-bond donors (Lipinski definition) is 1. The van der Waals surface area contributed by atoms with Crippen LogP contribution in [0, 0.1) is 6.92 Å². The number of carbonyl (C=O) groups excluding carboxylic acids is 1. The van der Waals surface area contributed by atoms with Gasteiger partial charge in [-0.1, -0.05) is 29.4 Å². The number of nitrogens with zero attached hydrogens (tertiary/aromatic N) is 2. The fourth-order valence-electron chi connectivity index (χ4n) is 2.28. The Balaban J connectivity index is 1.72. The van der Waals surface area contributed by atoms with Crippen LogP contribution in [0.15, 0.2) is 47.0 Å². The van der Waals surface area contributed by atoms with Crippen LogP contribution in [0.4, 0.5) is 0 Å². The number of aryl methyl sites for hydroxylation is 1. The van der Waals surface area contributed by atoms with Crippen LogP contribution in [-0.4, -0.2) is 28.3 Å². The summed E-state index contributed by atoms with van der Waals surface area (Å²) in [5, 5.41) is 13.8. The van der Waals surface area contributed by atoms with E-state index in [0.29, 0.717) is 22.7 Å². The molecule has 3 aromatic rings. The van der Waals surface area contributed by atoms with Crippen LogP contribution in [0.5, 0.6) is 11.5 Å². The highest BCUT2D eigenvalue weighted by atomic mass is 16.6. The Morgan fingerprint density at radius 2 is 2.00 bits per heavy atom. The molecule has 0 aliphatic carbocycles. The molecular weight excluding hydrogens is 324 g/mol. The molecule has 0 aliphatic rings. The third-order valence-electron chi connectivity index (χ3n) is 3.60. The maximum Gasteiger partial charge on any atom is 0.342 e. The van der Waals surface area contributed by atoms with E-state index in [1.807, 2.05) is 12.1 Å². The predicted octanol–water partition coefficient (Wildman–Crippen LogP) is 3.12. The molecule has 0 bridgehead atoms. The van der Waals surface area contributed by atoms with Gasteiger partial charge in [0.1, 0.15) is 17.1 Å². The van der Waals surface area contributed by atoms with Gasteiger partial charge < -0.3 is 19.1 Å². The number of carbonyl (C=O) groups is 1. The van der Waals surface area contributed by atoms with Crippen molar-refractivity contribution in [1.29, 1.82) is 0 Å². The van der Waals surface area contributed by atoms with Crippen molar-refractivity contribution in [2.75, 3.05) is 7.11 Å². The molecule has 1 N–H and O–H groups in total. The first kappa shape index (κ1) is 16.5. The average molecular weight is 340 g/mol. The molecule has 0 saturated heterocycles. The van der Waals surface area contributed by atoms with Crippen LogP contribution in [-0.2, 0) is 11.3 Å². The van der Waals surface area contributed by atoms with Crippen molar-refractivity contribution in [3.05, 3.63) is 59.5 Å². The lowest BCUT2D eigenvalue weighted by Crippen LogP contribution is -2.06. The summed E-state index contributed by atoms with van der Waals surface area (Å²) in [7, 11) is 1.55. The Morgan fingerprint density at radius 3 is 2.80 bits per heavy atom. The molecule has 1 aromatic heterocycles. The van der Waals surface area contributed by atoms with Crippen LogP contribution in [0.25, 0.3) is 11.4 Å². The zero-order chi connectivity index (χ0) is 17.8. The Bertz CT molecular complexity index is 904. The van der Waals surface area contributed by atoms with E-state index in [4.69, 9.17) is 14.0 Å². The molecular formula is C18H16N2O5. The number of aromatic nitrogens is 2. The van der Waals surface area contributed by atoms with Crippen molar-refractivity contribution >= 4 is 5.97 Å². The first-order valence-corrected chi connectivity index (χ1v) is 7.52. The van der Waals surface area contributed by atoms with E-state index in [1.54, 1.807) is 38.3 Å². The van der Waals surface area contributed by atoms with E-state index in [1.165, 1.54) is 6.07 Å². The largest absolute Gasteiger partial charge is 0.507 e. The van der Waals surface area contributed by atoms with Gasteiger partial charge in [0.2, 0.25) is 5.82 Å². The van der Waals surface area contributed by atoms with Gasteiger partial charge in [-0.15, -0.1) is 0 Å². The minimum atomic E-state index is -0.668. The monoisotopic (exact) mass is 340 g/mol. The number of benzene rings is 2. The maximum absolute atomic E-state index is 12.1. The second-order valence-electron chi connectivity index (χ2n) is 5.26. The molecule has 1 heterocycles. The van der Waals surface area contributed by atoms with Crippen LogP contribution < -0.4 is 4.74 Å². The first-order valence-electron chi connectivity index (χ1n) is 7.52. The van der Waals surface area contributed by atoms with Gasteiger partial charge in [0.05, 0.1) is 12.7 Å². The Kier molecular flexibility index (Phi) is 4.65. The normalized spacial score (nSPS) is 10.5. The summed E-state index contributed by atoms with van der Waals surface area (Å²) in [4.78, 5) is 16.3. The summed E-state index contributed by atoms with van der Waals surface area (Å²) in [6, 6.07) is 12.1. The number of hydrogen-bond acceptors (Lipinski definition) is 7. The molecule has 7 heteroatoms. The standard InChI is InChI=1S/C18H16N2O5/c1-11-6-5-8-13(16(11)21)18(22)24-10-15-19-17(20-25-15)12-7-3-4-9-14(12)23-2/h3-9,21H,10H2,1-2H3. The molecule has 0 atom stereocenters. The van der Waals surface area contributed by atoms with Gasteiger partial charge >= 0.3 is 5.97 Å². The van der Waals surface area contributed by atoms with Crippen LogP contribution in [0.1, 0.15) is 21.8 Å². The number of ether oxygens (including phenoxy) is 2. The highest BCUT2D eigenvalue weighted by Gasteiger charge is 2.17. The Hall–Kier alpha value is -3.35. The third-order valence-corrected chi connectivity index (χ3v) is 3.60. The number of phenols is 1. The van der Waals surface area contributed by atoms with Crippen molar-refractivity contribution in [3.63, 3.8) is 0 Å².